The van der Waals surface area contributed by atoms with Crippen molar-refractivity contribution in [2.24, 2.45) is 0 Å². The average Bonchev–Trinajstić information content (AvgIpc) is 2.40. The van der Waals surface area contributed by atoms with Gasteiger partial charge < -0.3 is 4.74 Å². The third-order valence-electron chi connectivity index (χ3n) is 2.54. The first-order valence-corrected chi connectivity index (χ1v) is 5.74. The Bertz CT molecular complexity index is 518. The number of hydrogen-bond donors (Lipinski definition) is 0. The van der Waals surface area contributed by atoms with Crippen LogP contribution < -0.4 is 4.74 Å². The van der Waals surface area contributed by atoms with E-state index in [1.54, 1.807) is 0 Å². The fourth-order valence-corrected chi connectivity index (χ4v) is 1.47. The molecule has 0 bridgehead atoms. The van der Waals surface area contributed by atoms with Gasteiger partial charge in [0.2, 0.25) is 0 Å². The summed E-state index contributed by atoms with van der Waals surface area (Å²) in [7, 11) is 0. The van der Waals surface area contributed by atoms with Gasteiger partial charge in [-0.05, 0) is 23.6 Å². The van der Waals surface area contributed by atoms with Gasteiger partial charge in [0.25, 0.3) is 0 Å². The molecule has 0 fully saturated rings. The molecule has 0 saturated carbocycles. The molecule has 1 heterocycles. The minimum atomic E-state index is 0.234. The fourth-order valence-electron chi connectivity index (χ4n) is 1.47. The zero-order valence-corrected chi connectivity index (χ0v) is 10.3. The zero-order chi connectivity index (χ0) is 13.0. The van der Waals surface area contributed by atoms with Crippen LogP contribution in [0.4, 0.5) is 0 Å². The van der Waals surface area contributed by atoms with Gasteiger partial charge in [-0.2, -0.15) is 0 Å². The number of nitrogens with zero attached hydrogens (tertiary/aromatic N) is 2. The molecular weight excluding hydrogens is 228 g/mol. The lowest BCUT2D eigenvalue weighted by molar-refractivity contribution is 0.112. The number of aldehydes is 1. The summed E-state index contributed by atoms with van der Waals surface area (Å²) in [6.07, 6.45) is 3.55. The van der Waals surface area contributed by atoms with Crippen molar-refractivity contribution in [3.8, 4) is 11.8 Å². The van der Waals surface area contributed by atoms with Gasteiger partial charge in [-0.25, -0.2) is 9.97 Å². The Morgan fingerprint density at radius 3 is 2.22 bits per heavy atom. The molecule has 0 saturated heterocycles. The Hall–Kier alpha value is -2.23. The van der Waals surface area contributed by atoms with E-state index in [1.807, 2.05) is 24.3 Å². The highest BCUT2D eigenvalue weighted by molar-refractivity contribution is 5.73. The SMILES string of the molecule is CC(C)c1ccc(Oc2ncc(C=O)cn2)cc1. The van der Waals surface area contributed by atoms with Gasteiger partial charge >= 0.3 is 6.01 Å². The van der Waals surface area contributed by atoms with Crippen LogP contribution >= 0.6 is 0 Å². The Labute approximate surface area is 106 Å². The summed E-state index contributed by atoms with van der Waals surface area (Å²) in [5.74, 6) is 1.17. The largest absolute Gasteiger partial charge is 0.424 e. The van der Waals surface area contributed by atoms with Crippen LogP contribution in [-0.2, 0) is 0 Å². The zero-order valence-electron chi connectivity index (χ0n) is 10.3. The van der Waals surface area contributed by atoms with Crippen LogP contribution in [-0.4, -0.2) is 16.3 Å². The van der Waals surface area contributed by atoms with E-state index in [-0.39, 0.29) is 6.01 Å². The molecule has 1 aromatic heterocycles. The van der Waals surface area contributed by atoms with Gasteiger partial charge in [-0.1, -0.05) is 26.0 Å². The number of rotatable bonds is 4. The molecule has 2 aromatic rings. The number of hydrogen-bond acceptors (Lipinski definition) is 4. The molecule has 92 valence electrons. The molecule has 0 N–H and O–H groups in total. The third-order valence-corrected chi connectivity index (χ3v) is 2.54. The van der Waals surface area contributed by atoms with E-state index in [0.29, 0.717) is 23.5 Å². The summed E-state index contributed by atoms with van der Waals surface area (Å²) in [6.45, 7) is 4.27. The van der Waals surface area contributed by atoms with Crippen LogP contribution in [0.1, 0.15) is 35.7 Å². The summed E-state index contributed by atoms with van der Waals surface area (Å²) >= 11 is 0. The van der Waals surface area contributed by atoms with Crippen molar-refractivity contribution in [3.63, 3.8) is 0 Å². The number of aromatic nitrogens is 2. The molecule has 0 aliphatic rings. The van der Waals surface area contributed by atoms with Crippen LogP contribution in [0, 0.1) is 0 Å². The van der Waals surface area contributed by atoms with Crippen LogP contribution in [0.3, 0.4) is 0 Å². The smallest absolute Gasteiger partial charge is 0.321 e. The predicted molar refractivity (Wildman–Crippen MR) is 68.0 cm³/mol. The van der Waals surface area contributed by atoms with E-state index in [2.05, 4.69) is 23.8 Å². The van der Waals surface area contributed by atoms with Gasteiger partial charge in [-0.15, -0.1) is 0 Å². The number of benzene rings is 1. The minimum absolute atomic E-state index is 0.234. The molecule has 0 spiro atoms. The lowest BCUT2D eigenvalue weighted by Gasteiger charge is -2.07. The first kappa shape index (κ1) is 12.2. The Morgan fingerprint density at radius 1 is 1.11 bits per heavy atom. The lowest BCUT2D eigenvalue weighted by atomic mass is 10.0. The first-order chi connectivity index (χ1) is 8.69. The molecule has 0 aliphatic heterocycles. The third kappa shape index (κ3) is 2.91. The number of carbonyl (C=O) groups excluding carboxylic acids is 1. The van der Waals surface area contributed by atoms with Gasteiger partial charge in [0.1, 0.15) is 5.75 Å². The molecule has 4 nitrogen and oxygen atoms in total. The van der Waals surface area contributed by atoms with E-state index < -0.39 is 0 Å². The fraction of sp³-hybridized carbons (Fsp3) is 0.214. The van der Waals surface area contributed by atoms with Crippen LogP contribution in [0.25, 0.3) is 0 Å². The molecule has 0 atom stereocenters. The van der Waals surface area contributed by atoms with E-state index >= 15 is 0 Å². The topological polar surface area (TPSA) is 52.1 Å². The first-order valence-electron chi connectivity index (χ1n) is 5.74. The minimum Gasteiger partial charge on any atom is -0.424 e. The van der Waals surface area contributed by atoms with Crippen molar-refractivity contribution < 1.29 is 9.53 Å². The summed E-state index contributed by atoms with van der Waals surface area (Å²) in [5, 5.41) is 0. The number of ether oxygens (including phenoxy) is 1. The Balaban J connectivity index is 2.10. The summed E-state index contributed by atoms with van der Waals surface area (Å²) < 4.78 is 5.47. The van der Waals surface area contributed by atoms with E-state index in [9.17, 15) is 4.79 Å². The van der Waals surface area contributed by atoms with Gasteiger partial charge in [0, 0.05) is 12.4 Å². The molecule has 0 aliphatic carbocycles. The highest BCUT2D eigenvalue weighted by atomic mass is 16.5. The normalized spacial score (nSPS) is 10.4. The summed E-state index contributed by atoms with van der Waals surface area (Å²) in [6, 6.07) is 8.02. The predicted octanol–water partition coefficient (Wildman–Crippen LogP) is 3.20. The maximum absolute atomic E-state index is 10.5. The quantitative estimate of drug-likeness (QED) is 0.772. The highest BCUT2D eigenvalue weighted by Gasteiger charge is 2.02. The molecule has 18 heavy (non-hydrogen) atoms. The molecular formula is C14H14N2O2. The van der Waals surface area contributed by atoms with Crippen molar-refractivity contribution in [2.45, 2.75) is 19.8 Å². The summed E-state index contributed by atoms with van der Waals surface area (Å²) in [4.78, 5) is 18.3. The lowest BCUT2D eigenvalue weighted by Crippen LogP contribution is -1.93. The second-order valence-corrected chi connectivity index (χ2v) is 4.24. The van der Waals surface area contributed by atoms with Gasteiger partial charge in [0.05, 0.1) is 5.56 Å². The molecule has 0 amide bonds. The van der Waals surface area contributed by atoms with Crippen LogP contribution in [0.2, 0.25) is 0 Å². The molecule has 0 radical (unpaired) electrons. The van der Waals surface area contributed by atoms with E-state index in [1.165, 1.54) is 18.0 Å². The maximum Gasteiger partial charge on any atom is 0.321 e. The van der Waals surface area contributed by atoms with Crippen molar-refractivity contribution >= 4 is 6.29 Å². The second-order valence-electron chi connectivity index (χ2n) is 4.24. The van der Waals surface area contributed by atoms with E-state index in [4.69, 9.17) is 4.74 Å². The molecule has 4 heteroatoms. The monoisotopic (exact) mass is 242 g/mol. The summed E-state index contributed by atoms with van der Waals surface area (Å²) in [5.41, 5.74) is 1.68. The number of carbonyl (C=O) groups is 1. The maximum atomic E-state index is 10.5. The van der Waals surface area contributed by atoms with Crippen molar-refractivity contribution in [3.05, 3.63) is 47.8 Å². The Kier molecular flexibility index (Phi) is 3.67. The highest BCUT2D eigenvalue weighted by Crippen LogP contribution is 2.21. The second kappa shape index (κ2) is 5.40. The molecule has 2 rings (SSSR count). The van der Waals surface area contributed by atoms with Crippen LogP contribution in [0.5, 0.6) is 11.8 Å². The standard InChI is InChI=1S/C14H14N2O2/c1-10(2)12-3-5-13(6-4-12)18-14-15-7-11(9-17)8-16-14/h3-10H,1-2H3. The molecule has 0 unspecified atom stereocenters. The average molecular weight is 242 g/mol. The van der Waals surface area contributed by atoms with Crippen LogP contribution in [0.15, 0.2) is 36.7 Å². The molecule has 1 aromatic carbocycles. The van der Waals surface area contributed by atoms with Crippen molar-refractivity contribution in [1.82, 2.24) is 9.97 Å². The Morgan fingerprint density at radius 2 is 1.72 bits per heavy atom. The van der Waals surface area contributed by atoms with Crippen molar-refractivity contribution in [1.29, 1.82) is 0 Å². The van der Waals surface area contributed by atoms with Crippen molar-refractivity contribution in [2.75, 3.05) is 0 Å². The van der Waals surface area contributed by atoms with E-state index in [0.717, 1.165) is 0 Å². The van der Waals surface area contributed by atoms with Gasteiger partial charge in [-0.3, -0.25) is 4.79 Å². The van der Waals surface area contributed by atoms with Gasteiger partial charge in [0.15, 0.2) is 6.29 Å².